The molecule has 5 heteroatoms. The summed E-state index contributed by atoms with van der Waals surface area (Å²) in [5.74, 6) is 0. The van der Waals surface area contributed by atoms with E-state index in [0.717, 1.165) is 64.6 Å². The Morgan fingerprint density at radius 2 is 0.952 bits per heavy atom. The summed E-state index contributed by atoms with van der Waals surface area (Å²) in [7, 11) is -1.98. The van der Waals surface area contributed by atoms with Crippen molar-refractivity contribution < 1.29 is 8.85 Å². The van der Waals surface area contributed by atoms with Crippen LogP contribution in [0.4, 0.5) is 0 Å². The Morgan fingerprint density at radius 1 is 0.619 bits per heavy atom. The maximum absolute atomic E-state index is 6.27. The molecule has 0 saturated heterocycles. The van der Waals surface area contributed by atoms with Gasteiger partial charge in [0.15, 0.2) is 0 Å². The Labute approximate surface area is 134 Å². The molecule has 0 N–H and O–H groups in total. The highest BCUT2D eigenvalue weighted by atomic mass is 28.4. The maximum atomic E-state index is 6.27. The van der Waals surface area contributed by atoms with Gasteiger partial charge in [-0.2, -0.15) is 0 Å². The second kappa shape index (κ2) is 12.6. The minimum atomic E-state index is -1.98. The number of likely N-dealkylation sites (N-methyl/N-ethyl adjacent to an activating group) is 2. The monoisotopic (exact) mass is 318 g/mol. The lowest BCUT2D eigenvalue weighted by Crippen LogP contribution is -2.44. The van der Waals surface area contributed by atoms with Crippen LogP contribution >= 0.6 is 0 Å². The zero-order valence-corrected chi connectivity index (χ0v) is 16.3. The molecule has 0 bridgehead atoms. The average molecular weight is 319 g/mol. The van der Waals surface area contributed by atoms with Gasteiger partial charge in [0.25, 0.3) is 0 Å². The highest BCUT2D eigenvalue weighted by molar-refractivity contribution is 6.67. The summed E-state index contributed by atoms with van der Waals surface area (Å²) in [5.41, 5.74) is 0. The van der Waals surface area contributed by atoms with E-state index < -0.39 is 8.56 Å². The first-order valence-corrected chi connectivity index (χ1v) is 11.1. The van der Waals surface area contributed by atoms with Crippen LogP contribution in [0.15, 0.2) is 0 Å². The Bertz CT molecular complexity index is 210. The number of rotatable bonds is 14. The van der Waals surface area contributed by atoms with Gasteiger partial charge in [-0.05, 0) is 38.3 Å². The van der Waals surface area contributed by atoms with Crippen molar-refractivity contribution in [2.24, 2.45) is 0 Å². The SMILES string of the molecule is CCN(CC)CCO[Si](CC)(CC)OCCN(CC)CC. The van der Waals surface area contributed by atoms with E-state index in [1.54, 1.807) is 0 Å². The van der Waals surface area contributed by atoms with Gasteiger partial charge in [0.05, 0.1) is 0 Å². The molecule has 0 spiro atoms. The van der Waals surface area contributed by atoms with Crippen LogP contribution in [0.5, 0.6) is 0 Å². The largest absolute Gasteiger partial charge is 0.393 e. The fraction of sp³-hybridized carbons (Fsp3) is 1.00. The molecule has 0 aromatic carbocycles. The molecule has 0 heterocycles. The first-order chi connectivity index (χ1) is 10.1. The molecule has 0 unspecified atom stereocenters. The zero-order chi connectivity index (χ0) is 16.1. The third-order valence-corrected chi connectivity index (χ3v) is 8.03. The molecular formula is C16H38N2O2Si. The van der Waals surface area contributed by atoms with Crippen molar-refractivity contribution in [1.82, 2.24) is 9.80 Å². The van der Waals surface area contributed by atoms with Crippen molar-refractivity contribution in [1.29, 1.82) is 0 Å². The van der Waals surface area contributed by atoms with E-state index in [1.165, 1.54) is 0 Å². The molecule has 0 fully saturated rings. The normalized spacial score (nSPS) is 12.6. The van der Waals surface area contributed by atoms with Crippen LogP contribution in [-0.2, 0) is 8.85 Å². The predicted octanol–water partition coefficient (Wildman–Crippen LogP) is 3.19. The number of hydrogen-bond donors (Lipinski definition) is 0. The second-order valence-electron chi connectivity index (χ2n) is 5.37. The van der Waals surface area contributed by atoms with Gasteiger partial charge in [0.1, 0.15) is 0 Å². The molecule has 0 rings (SSSR count). The molecule has 4 nitrogen and oxygen atoms in total. The lowest BCUT2D eigenvalue weighted by Gasteiger charge is -2.31. The van der Waals surface area contributed by atoms with Gasteiger partial charge < -0.3 is 18.7 Å². The van der Waals surface area contributed by atoms with Gasteiger partial charge in [-0.25, -0.2) is 0 Å². The summed E-state index contributed by atoms with van der Waals surface area (Å²) in [5, 5.41) is 0. The van der Waals surface area contributed by atoms with Gasteiger partial charge in [-0.3, -0.25) is 0 Å². The summed E-state index contributed by atoms with van der Waals surface area (Å²) >= 11 is 0. The summed E-state index contributed by atoms with van der Waals surface area (Å²) < 4.78 is 12.5. The van der Waals surface area contributed by atoms with E-state index in [1.807, 2.05) is 0 Å². The van der Waals surface area contributed by atoms with Gasteiger partial charge in [-0.1, -0.05) is 41.5 Å². The smallest absolute Gasteiger partial charge is 0.337 e. The average Bonchev–Trinajstić information content (AvgIpc) is 2.54. The second-order valence-corrected chi connectivity index (χ2v) is 9.18. The summed E-state index contributed by atoms with van der Waals surface area (Å²) in [6.45, 7) is 21.3. The highest BCUT2D eigenvalue weighted by Crippen LogP contribution is 2.18. The third kappa shape index (κ3) is 8.31. The molecule has 0 amide bonds. The van der Waals surface area contributed by atoms with Crippen molar-refractivity contribution in [3.63, 3.8) is 0 Å². The van der Waals surface area contributed by atoms with Crippen molar-refractivity contribution in [2.75, 3.05) is 52.5 Å². The van der Waals surface area contributed by atoms with E-state index in [2.05, 4.69) is 51.3 Å². The molecule has 21 heavy (non-hydrogen) atoms. The Morgan fingerprint density at radius 3 is 1.19 bits per heavy atom. The predicted molar refractivity (Wildman–Crippen MR) is 94.2 cm³/mol. The van der Waals surface area contributed by atoms with E-state index in [-0.39, 0.29) is 0 Å². The molecule has 0 aliphatic carbocycles. The first kappa shape index (κ1) is 21.1. The molecule has 0 atom stereocenters. The first-order valence-electron chi connectivity index (χ1n) is 8.83. The van der Waals surface area contributed by atoms with Crippen LogP contribution in [0.3, 0.4) is 0 Å². The Balaban J connectivity index is 4.22. The quantitative estimate of drug-likeness (QED) is 0.459. The van der Waals surface area contributed by atoms with Crippen LogP contribution in [-0.4, -0.2) is 70.8 Å². The number of nitrogens with zero attached hydrogens (tertiary/aromatic N) is 2. The fourth-order valence-corrected chi connectivity index (χ4v) is 4.83. The fourth-order valence-electron chi connectivity index (χ4n) is 2.50. The van der Waals surface area contributed by atoms with E-state index in [0.29, 0.717) is 0 Å². The van der Waals surface area contributed by atoms with E-state index >= 15 is 0 Å². The van der Waals surface area contributed by atoms with Crippen molar-refractivity contribution >= 4 is 8.56 Å². The molecule has 0 aliphatic rings. The lowest BCUT2D eigenvalue weighted by atomic mass is 10.5. The standard InChI is InChI=1S/C16H38N2O2Si/c1-7-17(8-2)13-15-19-21(11-5,12-6)20-16-14-18(9-3)10-4/h7-16H2,1-6H3. The molecule has 128 valence electrons. The van der Waals surface area contributed by atoms with Gasteiger partial charge >= 0.3 is 8.56 Å². The molecular weight excluding hydrogens is 280 g/mol. The van der Waals surface area contributed by atoms with Gasteiger partial charge in [0.2, 0.25) is 0 Å². The van der Waals surface area contributed by atoms with Gasteiger partial charge in [-0.15, -0.1) is 0 Å². The van der Waals surface area contributed by atoms with E-state index in [4.69, 9.17) is 8.85 Å². The van der Waals surface area contributed by atoms with Crippen LogP contribution in [0.1, 0.15) is 41.5 Å². The van der Waals surface area contributed by atoms with Crippen LogP contribution in [0.2, 0.25) is 12.1 Å². The molecule has 0 aromatic heterocycles. The maximum Gasteiger partial charge on any atom is 0.337 e. The molecule has 0 radical (unpaired) electrons. The third-order valence-electron chi connectivity index (χ3n) is 4.41. The molecule has 0 aromatic rings. The highest BCUT2D eigenvalue weighted by Gasteiger charge is 2.33. The van der Waals surface area contributed by atoms with Crippen LogP contribution < -0.4 is 0 Å². The topological polar surface area (TPSA) is 24.9 Å². The van der Waals surface area contributed by atoms with Crippen LogP contribution in [0.25, 0.3) is 0 Å². The lowest BCUT2D eigenvalue weighted by molar-refractivity contribution is 0.132. The Kier molecular flexibility index (Phi) is 12.6. The zero-order valence-electron chi connectivity index (χ0n) is 15.3. The van der Waals surface area contributed by atoms with Gasteiger partial charge in [0, 0.05) is 26.3 Å². The summed E-state index contributed by atoms with van der Waals surface area (Å²) in [4.78, 5) is 4.81. The molecule has 0 aliphatic heterocycles. The summed E-state index contributed by atoms with van der Waals surface area (Å²) in [6, 6.07) is 2.08. The van der Waals surface area contributed by atoms with Crippen molar-refractivity contribution in [3.8, 4) is 0 Å². The van der Waals surface area contributed by atoms with Crippen molar-refractivity contribution in [3.05, 3.63) is 0 Å². The van der Waals surface area contributed by atoms with E-state index in [9.17, 15) is 0 Å². The minimum absolute atomic E-state index is 0.806. The number of hydrogen-bond acceptors (Lipinski definition) is 4. The van der Waals surface area contributed by atoms with Crippen LogP contribution in [0, 0.1) is 0 Å². The summed E-state index contributed by atoms with van der Waals surface area (Å²) in [6.07, 6.45) is 0. The van der Waals surface area contributed by atoms with Crippen molar-refractivity contribution in [2.45, 2.75) is 53.6 Å². The molecule has 0 saturated carbocycles. The Hall–Kier alpha value is 0.0569. The minimum Gasteiger partial charge on any atom is -0.393 e.